The van der Waals surface area contributed by atoms with E-state index in [0.29, 0.717) is 5.88 Å². The van der Waals surface area contributed by atoms with Crippen LogP contribution in [0.1, 0.15) is 51.3 Å². The number of aromatic nitrogens is 7. The Labute approximate surface area is 204 Å². The summed E-state index contributed by atoms with van der Waals surface area (Å²) in [7, 11) is 1.86. The summed E-state index contributed by atoms with van der Waals surface area (Å²) in [5.74, 6) is 1.41. The number of nitrogens with one attached hydrogen (secondary N) is 1. The van der Waals surface area contributed by atoms with Crippen LogP contribution in [0.15, 0.2) is 37.1 Å². The van der Waals surface area contributed by atoms with Gasteiger partial charge in [-0.2, -0.15) is 15.5 Å². The van der Waals surface area contributed by atoms with E-state index in [1.807, 2.05) is 46.3 Å². The van der Waals surface area contributed by atoms with Crippen LogP contribution in [0.4, 0.5) is 5.82 Å². The molecule has 0 aromatic carbocycles. The standard InChI is InChI=1S/C25H29N9O/c1-16-24(29-10-9-28-16)35-19-7-5-18(6-8-19)34-21-11-22(27-4)30-13-20(21)23(32-34)17-12-31-33(14-17)25(2,3)15-26/h9-14,18-19H,5-8H2,1-4H3,(H,27,30). The Hall–Kier alpha value is -4.00. The van der Waals surface area contributed by atoms with Crippen LogP contribution in [-0.4, -0.2) is 47.7 Å². The second kappa shape index (κ2) is 8.98. The van der Waals surface area contributed by atoms with E-state index in [0.717, 1.165) is 59.4 Å². The van der Waals surface area contributed by atoms with Gasteiger partial charge in [0.25, 0.3) is 0 Å². The van der Waals surface area contributed by atoms with E-state index in [4.69, 9.17) is 9.84 Å². The fourth-order valence-electron chi connectivity index (χ4n) is 4.54. The first-order valence-electron chi connectivity index (χ1n) is 11.9. The number of nitriles is 1. The molecule has 4 aromatic rings. The third-order valence-electron chi connectivity index (χ3n) is 6.65. The summed E-state index contributed by atoms with van der Waals surface area (Å²) in [6.07, 6.45) is 12.7. The van der Waals surface area contributed by atoms with E-state index in [9.17, 15) is 5.26 Å². The molecule has 10 heteroatoms. The van der Waals surface area contributed by atoms with Gasteiger partial charge in [0.15, 0.2) is 0 Å². The van der Waals surface area contributed by atoms with Crippen LogP contribution < -0.4 is 10.1 Å². The molecule has 0 aliphatic heterocycles. The van der Waals surface area contributed by atoms with Crippen LogP contribution in [-0.2, 0) is 5.54 Å². The number of anilines is 1. The fourth-order valence-corrected chi connectivity index (χ4v) is 4.54. The van der Waals surface area contributed by atoms with Gasteiger partial charge in [0.05, 0.1) is 29.5 Å². The minimum Gasteiger partial charge on any atom is -0.473 e. The molecule has 0 atom stereocenters. The van der Waals surface area contributed by atoms with Crippen LogP contribution in [0.2, 0.25) is 0 Å². The lowest BCUT2D eigenvalue weighted by Gasteiger charge is -2.29. The number of fused-ring (bicyclic) bond motifs is 1. The van der Waals surface area contributed by atoms with Crippen molar-refractivity contribution in [3.63, 3.8) is 0 Å². The Morgan fingerprint density at radius 2 is 1.89 bits per heavy atom. The molecule has 180 valence electrons. The van der Waals surface area contributed by atoms with Crippen molar-refractivity contribution >= 4 is 16.7 Å². The monoisotopic (exact) mass is 471 g/mol. The SMILES string of the molecule is CNc1cc2c(cn1)c(-c1cnn(C(C)(C)C#N)c1)nn2C1CCC(Oc2nccnc2C)CC1. The summed E-state index contributed by atoms with van der Waals surface area (Å²) in [4.78, 5) is 13.1. The highest BCUT2D eigenvalue weighted by Crippen LogP contribution is 2.36. The van der Waals surface area contributed by atoms with Gasteiger partial charge in [0.1, 0.15) is 23.2 Å². The lowest BCUT2D eigenvalue weighted by Crippen LogP contribution is -2.26. The minimum absolute atomic E-state index is 0.115. The second-order valence-electron chi connectivity index (χ2n) is 9.47. The molecule has 0 bridgehead atoms. The molecular weight excluding hydrogens is 442 g/mol. The number of nitrogens with zero attached hydrogens (tertiary/aromatic N) is 8. The minimum atomic E-state index is -0.742. The van der Waals surface area contributed by atoms with Gasteiger partial charge in [-0.3, -0.25) is 14.3 Å². The first kappa shape index (κ1) is 22.8. The summed E-state index contributed by atoms with van der Waals surface area (Å²) >= 11 is 0. The van der Waals surface area contributed by atoms with Gasteiger partial charge in [-0.05, 0) is 46.5 Å². The number of rotatable bonds is 6. The lowest BCUT2D eigenvalue weighted by atomic mass is 9.93. The number of pyridine rings is 1. The summed E-state index contributed by atoms with van der Waals surface area (Å²) in [5.41, 5.74) is 2.79. The molecule has 0 spiro atoms. The Bertz CT molecular complexity index is 1390. The van der Waals surface area contributed by atoms with Gasteiger partial charge >= 0.3 is 0 Å². The van der Waals surface area contributed by atoms with Crippen LogP contribution in [0, 0.1) is 18.3 Å². The molecule has 4 aromatic heterocycles. The molecule has 1 fully saturated rings. The molecule has 5 rings (SSSR count). The normalized spacial score (nSPS) is 18.4. The highest BCUT2D eigenvalue weighted by molar-refractivity contribution is 5.93. The summed E-state index contributed by atoms with van der Waals surface area (Å²) < 4.78 is 9.96. The van der Waals surface area contributed by atoms with E-state index < -0.39 is 5.54 Å². The molecule has 1 N–H and O–H groups in total. The van der Waals surface area contributed by atoms with Gasteiger partial charge in [-0.25, -0.2) is 9.97 Å². The summed E-state index contributed by atoms with van der Waals surface area (Å²) in [6.45, 7) is 5.59. The van der Waals surface area contributed by atoms with Gasteiger partial charge in [-0.1, -0.05) is 0 Å². The highest BCUT2D eigenvalue weighted by Gasteiger charge is 2.28. The Morgan fingerprint density at radius 3 is 2.60 bits per heavy atom. The zero-order chi connectivity index (χ0) is 24.6. The highest BCUT2D eigenvalue weighted by atomic mass is 16.5. The van der Waals surface area contributed by atoms with Crippen LogP contribution in [0.5, 0.6) is 5.88 Å². The molecule has 1 saturated carbocycles. The molecule has 0 unspecified atom stereocenters. The fraction of sp³-hybridized carbons (Fsp3) is 0.440. The second-order valence-corrected chi connectivity index (χ2v) is 9.47. The first-order chi connectivity index (χ1) is 16.9. The molecule has 35 heavy (non-hydrogen) atoms. The summed E-state index contributed by atoms with van der Waals surface area (Å²) in [6, 6.07) is 4.58. The molecular formula is C25H29N9O. The van der Waals surface area contributed by atoms with Gasteiger partial charge in [0.2, 0.25) is 5.88 Å². The predicted octanol–water partition coefficient (Wildman–Crippen LogP) is 4.26. The van der Waals surface area contributed by atoms with Gasteiger partial charge < -0.3 is 10.1 Å². The first-order valence-corrected chi connectivity index (χ1v) is 11.9. The average Bonchev–Trinajstić information content (AvgIpc) is 3.51. The van der Waals surface area contributed by atoms with E-state index >= 15 is 0 Å². The number of hydrogen-bond acceptors (Lipinski definition) is 8. The number of ether oxygens (including phenoxy) is 1. The zero-order valence-corrected chi connectivity index (χ0v) is 20.4. The third-order valence-corrected chi connectivity index (χ3v) is 6.65. The largest absolute Gasteiger partial charge is 0.473 e. The molecule has 4 heterocycles. The predicted molar refractivity (Wildman–Crippen MR) is 132 cm³/mol. The Morgan fingerprint density at radius 1 is 1.11 bits per heavy atom. The zero-order valence-electron chi connectivity index (χ0n) is 20.4. The van der Waals surface area contributed by atoms with E-state index in [1.165, 1.54) is 0 Å². The topological polar surface area (TPSA) is 119 Å². The molecule has 0 saturated heterocycles. The maximum absolute atomic E-state index is 9.50. The Kier molecular flexibility index (Phi) is 5.84. The average molecular weight is 472 g/mol. The van der Waals surface area contributed by atoms with Crippen molar-refractivity contribution in [2.45, 2.75) is 64.1 Å². The van der Waals surface area contributed by atoms with Gasteiger partial charge in [0, 0.05) is 48.9 Å². The van der Waals surface area contributed by atoms with Crippen molar-refractivity contribution in [3.8, 4) is 23.2 Å². The molecule has 0 amide bonds. The maximum Gasteiger partial charge on any atom is 0.235 e. The smallest absolute Gasteiger partial charge is 0.235 e. The molecule has 1 aliphatic carbocycles. The molecule has 1 aliphatic rings. The Balaban J connectivity index is 1.44. The van der Waals surface area contributed by atoms with Gasteiger partial charge in [-0.15, -0.1) is 0 Å². The lowest BCUT2D eigenvalue weighted by molar-refractivity contribution is 0.124. The van der Waals surface area contributed by atoms with Crippen molar-refractivity contribution in [1.29, 1.82) is 5.26 Å². The third kappa shape index (κ3) is 4.30. The maximum atomic E-state index is 9.50. The number of aryl methyl sites for hydroxylation is 1. The number of hydrogen-bond donors (Lipinski definition) is 1. The quantitative estimate of drug-likeness (QED) is 0.443. The van der Waals surface area contributed by atoms with E-state index in [1.54, 1.807) is 23.3 Å². The van der Waals surface area contributed by atoms with Crippen LogP contribution in [0.25, 0.3) is 22.2 Å². The van der Waals surface area contributed by atoms with Crippen molar-refractivity contribution < 1.29 is 4.74 Å². The van der Waals surface area contributed by atoms with Crippen molar-refractivity contribution in [2.24, 2.45) is 0 Å². The van der Waals surface area contributed by atoms with E-state index in [2.05, 4.69) is 36.1 Å². The van der Waals surface area contributed by atoms with Crippen LogP contribution >= 0.6 is 0 Å². The van der Waals surface area contributed by atoms with Crippen molar-refractivity contribution in [2.75, 3.05) is 12.4 Å². The van der Waals surface area contributed by atoms with Crippen molar-refractivity contribution in [1.82, 2.24) is 34.5 Å². The summed E-state index contributed by atoms with van der Waals surface area (Å²) in [5, 5.41) is 23.1. The molecule has 10 nitrogen and oxygen atoms in total. The van der Waals surface area contributed by atoms with E-state index in [-0.39, 0.29) is 12.1 Å². The molecule has 0 radical (unpaired) electrons. The van der Waals surface area contributed by atoms with Crippen LogP contribution in [0.3, 0.4) is 0 Å². The van der Waals surface area contributed by atoms with Crippen molar-refractivity contribution in [3.05, 3.63) is 42.7 Å².